The van der Waals surface area contributed by atoms with Crippen LogP contribution in [0.5, 0.6) is 0 Å². The molecule has 0 aliphatic carbocycles. The minimum absolute atomic E-state index is 0.160. The number of carbonyl (C=O) groups is 1. The molecule has 0 saturated heterocycles. The van der Waals surface area contributed by atoms with Crippen molar-refractivity contribution in [2.24, 2.45) is 0 Å². The maximum absolute atomic E-state index is 12.3. The van der Waals surface area contributed by atoms with Crippen molar-refractivity contribution in [2.75, 3.05) is 13.1 Å². The SMILES string of the molecule is CCCCCNC(=O)c1ccc(S(=O)(=O)NCCc2ccccc2)cc1. The van der Waals surface area contributed by atoms with Crippen LogP contribution in [0.15, 0.2) is 59.5 Å². The van der Waals surface area contributed by atoms with E-state index in [-0.39, 0.29) is 10.8 Å². The Bertz CT molecular complexity index is 788. The topological polar surface area (TPSA) is 75.3 Å². The molecule has 1 amide bonds. The number of rotatable bonds is 10. The molecule has 0 saturated carbocycles. The highest BCUT2D eigenvalue weighted by Crippen LogP contribution is 2.11. The van der Waals surface area contributed by atoms with E-state index in [1.54, 1.807) is 12.1 Å². The maximum Gasteiger partial charge on any atom is 0.251 e. The molecule has 0 heterocycles. The molecule has 0 radical (unpaired) electrons. The van der Waals surface area contributed by atoms with Crippen LogP contribution in [0.3, 0.4) is 0 Å². The zero-order valence-corrected chi connectivity index (χ0v) is 15.9. The lowest BCUT2D eigenvalue weighted by Gasteiger charge is -2.08. The lowest BCUT2D eigenvalue weighted by Crippen LogP contribution is -2.26. The number of nitrogens with one attached hydrogen (secondary N) is 2. The number of benzene rings is 2. The van der Waals surface area contributed by atoms with E-state index in [4.69, 9.17) is 0 Å². The van der Waals surface area contributed by atoms with Crippen LogP contribution in [-0.4, -0.2) is 27.4 Å². The van der Waals surface area contributed by atoms with Crippen LogP contribution in [-0.2, 0) is 16.4 Å². The van der Waals surface area contributed by atoms with Gasteiger partial charge in [-0.1, -0.05) is 50.1 Å². The quantitative estimate of drug-likeness (QED) is 0.628. The van der Waals surface area contributed by atoms with Crippen molar-refractivity contribution in [3.8, 4) is 0 Å². The molecule has 2 aromatic rings. The number of carbonyl (C=O) groups excluding carboxylic acids is 1. The van der Waals surface area contributed by atoms with Gasteiger partial charge in [-0.25, -0.2) is 13.1 Å². The van der Waals surface area contributed by atoms with Gasteiger partial charge in [0.2, 0.25) is 10.0 Å². The van der Waals surface area contributed by atoms with Gasteiger partial charge >= 0.3 is 0 Å². The maximum atomic E-state index is 12.3. The summed E-state index contributed by atoms with van der Waals surface area (Å²) in [5.41, 5.74) is 1.54. The predicted octanol–water partition coefficient (Wildman–Crippen LogP) is 3.13. The van der Waals surface area contributed by atoms with E-state index in [2.05, 4.69) is 17.0 Å². The van der Waals surface area contributed by atoms with Gasteiger partial charge in [0.05, 0.1) is 4.90 Å². The highest BCUT2D eigenvalue weighted by Gasteiger charge is 2.14. The fourth-order valence-corrected chi connectivity index (χ4v) is 3.55. The van der Waals surface area contributed by atoms with E-state index < -0.39 is 10.0 Å². The fraction of sp³-hybridized carbons (Fsp3) is 0.350. The molecular formula is C20H26N2O3S. The normalized spacial score (nSPS) is 11.3. The van der Waals surface area contributed by atoms with Crippen molar-refractivity contribution < 1.29 is 13.2 Å². The minimum atomic E-state index is -3.58. The van der Waals surface area contributed by atoms with Gasteiger partial charge in [0.25, 0.3) is 5.91 Å². The van der Waals surface area contributed by atoms with Crippen LogP contribution in [0.4, 0.5) is 0 Å². The second kappa shape index (κ2) is 10.1. The van der Waals surface area contributed by atoms with Crippen LogP contribution >= 0.6 is 0 Å². The first-order valence-electron chi connectivity index (χ1n) is 8.95. The standard InChI is InChI=1S/C20H26N2O3S/c1-2-3-7-15-21-20(23)18-10-12-19(13-11-18)26(24,25)22-16-14-17-8-5-4-6-9-17/h4-6,8-13,22H,2-3,7,14-16H2,1H3,(H,21,23). The van der Waals surface area contributed by atoms with Crippen molar-refractivity contribution in [2.45, 2.75) is 37.5 Å². The molecule has 140 valence electrons. The average Bonchev–Trinajstić information content (AvgIpc) is 2.66. The van der Waals surface area contributed by atoms with E-state index >= 15 is 0 Å². The first kappa shape index (κ1) is 20.1. The van der Waals surface area contributed by atoms with Crippen molar-refractivity contribution in [3.05, 3.63) is 65.7 Å². The minimum Gasteiger partial charge on any atom is -0.352 e. The fourth-order valence-electron chi connectivity index (χ4n) is 2.52. The molecule has 0 aromatic heterocycles. The van der Waals surface area contributed by atoms with Gasteiger partial charge in [-0.05, 0) is 42.7 Å². The molecule has 26 heavy (non-hydrogen) atoms. The molecule has 2 N–H and O–H groups in total. The first-order valence-corrected chi connectivity index (χ1v) is 10.4. The van der Waals surface area contributed by atoms with Crippen LogP contribution < -0.4 is 10.0 Å². The summed E-state index contributed by atoms with van der Waals surface area (Å²) in [5, 5.41) is 2.84. The van der Waals surface area contributed by atoms with Crippen LogP contribution in [0.2, 0.25) is 0 Å². The molecule has 0 fully saturated rings. The molecule has 5 nitrogen and oxygen atoms in total. The Balaban J connectivity index is 1.88. The van der Waals surface area contributed by atoms with Gasteiger partial charge in [-0.3, -0.25) is 4.79 Å². The summed E-state index contributed by atoms with van der Waals surface area (Å²) in [5.74, 6) is -0.179. The van der Waals surface area contributed by atoms with E-state index in [1.807, 2.05) is 30.3 Å². The highest BCUT2D eigenvalue weighted by molar-refractivity contribution is 7.89. The predicted molar refractivity (Wildman–Crippen MR) is 104 cm³/mol. The average molecular weight is 375 g/mol. The molecule has 0 atom stereocenters. The number of hydrogen-bond acceptors (Lipinski definition) is 3. The molecule has 0 aliphatic rings. The summed E-state index contributed by atoms with van der Waals surface area (Å²) in [6.45, 7) is 3.06. The lowest BCUT2D eigenvalue weighted by atomic mass is 10.2. The van der Waals surface area contributed by atoms with E-state index in [9.17, 15) is 13.2 Å². The zero-order chi connectivity index (χ0) is 18.8. The lowest BCUT2D eigenvalue weighted by molar-refractivity contribution is 0.0953. The summed E-state index contributed by atoms with van der Waals surface area (Å²) in [6, 6.07) is 15.7. The van der Waals surface area contributed by atoms with Crippen molar-refractivity contribution >= 4 is 15.9 Å². The Morgan fingerprint density at radius 1 is 0.923 bits per heavy atom. The monoisotopic (exact) mass is 374 g/mol. The van der Waals surface area contributed by atoms with E-state index in [0.717, 1.165) is 24.8 Å². The molecular weight excluding hydrogens is 348 g/mol. The van der Waals surface area contributed by atoms with Gasteiger partial charge < -0.3 is 5.32 Å². The Labute approximate surface area is 155 Å². The largest absolute Gasteiger partial charge is 0.352 e. The zero-order valence-electron chi connectivity index (χ0n) is 15.1. The summed E-state index contributed by atoms with van der Waals surface area (Å²) in [4.78, 5) is 12.2. The van der Waals surface area contributed by atoms with Crippen LogP contribution in [0, 0.1) is 0 Å². The third kappa shape index (κ3) is 6.28. The Kier molecular flexibility index (Phi) is 7.81. The third-order valence-corrected chi connectivity index (χ3v) is 5.52. The number of hydrogen-bond donors (Lipinski definition) is 2. The first-order chi connectivity index (χ1) is 12.5. The third-order valence-electron chi connectivity index (χ3n) is 4.04. The van der Waals surface area contributed by atoms with Gasteiger partial charge in [0.15, 0.2) is 0 Å². The highest BCUT2D eigenvalue weighted by atomic mass is 32.2. The summed E-state index contributed by atoms with van der Waals surface area (Å²) in [7, 11) is -3.58. The van der Waals surface area contributed by atoms with Crippen molar-refractivity contribution in [3.63, 3.8) is 0 Å². The Hall–Kier alpha value is -2.18. The molecule has 6 heteroatoms. The molecule has 0 bridgehead atoms. The molecule has 0 aliphatic heterocycles. The number of sulfonamides is 1. The summed E-state index contributed by atoms with van der Waals surface area (Å²) >= 11 is 0. The van der Waals surface area contributed by atoms with Gasteiger partial charge in [0.1, 0.15) is 0 Å². The van der Waals surface area contributed by atoms with Gasteiger partial charge in [-0.15, -0.1) is 0 Å². The van der Waals surface area contributed by atoms with E-state index in [0.29, 0.717) is 25.1 Å². The number of amides is 1. The smallest absolute Gasteiger partial charge is 0.251 e. The summed E-state index contributed by atoms with van der Waals surface area (Å²) in [6.07, 6.45) is 3.74. The molecule has 0 unspecified atom stereocenters. The molecule has 2 aromatic carbocycles. The Morgan fingerprint density at radius 2 is 1.62 bits per heavy atom. The second-order valence-electron chi connectivity index (χ2n) is 6.12. The van der Waals surface area contributed by atoms with E-state index in [1.165, 1.54) is 12.1 Å². The van der Waals surface area contributed by atoms with Gasteiger partial charge in [0, 0.05) is 18.7 Å². The van der Waals surface area contributed by atoms with Gasteiger partial charge in [-0.2, -0.15) is 0 Å². The molecule has 2 rings (SSSR count). The van der Waals surface area contributed by atoms with Crippen LogP contribution in [0.25, 0.3) is 0 Å². The Morgan fingerprint density at radius 3 is 2.27 bits per heavy atom. The second-order valence-corrected chi connectivity index (χ2v) is 7.89. The summed E-state index contributed by atoms with van der Waals surface area (Å²) < 4.78 is 27.3. The number of unbranched alkanes of at least 4 members (excludes halogenated alkanes) is 2. The molecule has 0 spiro atoms. The van der Waals surface area contributed by atoms with Crippen molar-refractivity contribution in [1.82, 2.24) is 10.0 Å². The van der Waals surface area contributed by atoms with Crippen molar-refractivity contribution in [1.29, 1.82) is 0 Å². The van der Waals surface area contributed by atoms with Crippen LogP contribution in [0.1, 0.15) is 42.1 Å².